The van der Waals surface area contributed by atoms with Gasteiger partial charge in [0.2, 0.25) is 5.91 Å². The SMILES string of the molecule is O=C(Cn1cnc2ccccc2c1=O)N1CCN(Cc2ccncc2)CC1. The molecule has 0 atom stereocenters. The van der Waals surface area contributed by atoms with Crippen molar-refractivity contribution in [3.8, 4) is 0 Å². The van der Waals surface area contributed by atoms with Crippen LogP contribution in [0, 0.1) is 0 Å². The van der Waals surface area contributed by atoms with E-state index in [-0.39, 0.29) is 18.0 Å². The molecule has 3 heterocycles. The van der Waals surface area contributed by atoms with Gasteiger partial charge in [-0.3, -0.25) is 24.0 Å². The molecule has 3 aromatic rings. The smallest absolute Gasteiger partial charge is 0.261 e. The van der Waals surface area contributed by atoms with E-state index in [1.165, 1.54) is 16.5 Å². The monoisotopic (exact) mass is 363 g/mol. The summed E-state index contributed by atoms with van der Waals surface area (Å²) in [5.74, 6) is -0.0438. The third kappa shape index (κ3) is 3.88. The molecule has 0 unspecified atom stereocenters. The first-order valence-corrected chi connectivity index (χ1v) is 9.04. The zero-order valence-electron chi connectivity index (χ0n) is 15.0. The van der Waals surface area contributed by atoms with Crippen LogP contribution in [0.4, 0.5) is 0 Å². The minimum absolute atomic E-state index is 0.0288. The molecule has 7 heteroatoms. The first kappa shape index (κ1) is 17.4. The van der Waals surface area contributed by atoms with Crippen LogP contribution in [-0.4, -0.2) is 56.4 Å². The summed E-state index contributed by atoms with van der Waals surface area (Å²) < 4.78 is 1.40. The first-order chi connectivity index (χ1) is 13.2. The van der Waals surface area contributed by atoms with Crippen LogP contribution >= 0.6 is 0 Å². The van der Waals surface area contributed by atoms with E-state index in [9.17, 15) is 9.59 Å². The van der Waals surface area contributed by atoms with Gasteiger partial charge in [0.25, 0.3) is 5.56 Å². The Bertz CT molecular complexity index is 994. The standard InChI is InChI=1S/C20H21N5O2/c26-19(14-25-15-22-18-4-2-1-3-17(18)20(25)27)24-11-9-23(10-12-24)13-16-5-7-21-8-6-16/h1-8,15H,9-14H2. The van der Waals surface area contributed by atoms with Gasteiger partial charge in [-0.2, -0.15) is 0 Å². The number of rotatable bonds is 4. The highest BCUT2D eigenvalue weighted by Gasteiger charge is 2.21. The lowest BCUT2D eigenvalue weighted by atomic mass is 10.2. The normalized spacial score (nSPS) is 15.2. The molecule has 138 valence electrons. The number of aromatic nitrogens is 3. The molecule has 1 aromatic carbocycles. The zero-order chi connectivity index (χ0) is 18.6. The zero-order valence-corrected chi connectivity index (χ0v) is 15.0. The Hall–Kier alpha value is -3.06. The van der Waals surface area contributed by atoms with Crippen molar-refractivity contribution < 1.29 is 4.79 Å². The Kier molecular flexibility index (Phi) is 4.93. The molecule has 27 heavy (non-hydrogen) atoms. The number of benzene rings is 1. The van der Waals surface area contributed by atoms with E-state index in [1.54, 1.807) is 30.6 Å². The summed E-state index contributed by atoms with van der Waals surface area (Å²) in [5, 5.41) is 0.537. The minimum Gasteiger partial charge on any atom is -0.339 e. The number of fused-ring (bicyclic) bond motifs is 1. The van der Waals surface area contributed by atoms with E-state index in [0.717, 1.165) is 19.6 Å². The second-order valence-electron chi connectivity index (χ2n) is 6.71. The van der Waals surface area contributed by atoms with Crippen molar-refractivity contribution in [2.24, 2.45) is 0 Å². The van der Waals surface area contributed by atoms with Gasteiger partial charge in [0.15, 0.2) is 0 Å². The number of nitrogens with zero attached hydrogens (tertiary/aromatic N) is 5. The fraction of sp³-hybridized carbons (Fsp3) is 0.300. The van der Waals surface area contributed by atoms with Crippen LogP contribution in [0.25, 0.3) is 10.9 Å². The Morgan fingerprint density at radius 3 is 2.52 bits per heavy atom. The van der Waals surface area contributed by atoms with Crippen molar-refractivity contribution in [3.63, 3.8) is 0 Å². The van der Waals surface area contributed by atoms with Gasteiger partial charge in [0, 0.05) is 45.1 Å². The van der Waals surface area contributed by atoms with E-state index < -0.39 is 0 Å². The second kappa shape index (κ2) is 7.67. The summed E-state index contributed by atoms with van der Waals surface area (Å²) in [4.78, 5) is 37.6. The predicted molar refractivity (Wildman–Crippen MR) is 102 cm³/mol. The highest BCUT2D eigenvalue weighted by Crippen LogP contribution is 2.09. The summed E-state index contributed by atoms with van der Waals surface area (Å²) >= 11 is 0. The summed E-state index contributed by atoms with van der Waals surface area (Å²) in [6.07, 6.45) is 5.05. The first-order valence-electron chi connectivity index (χ1n) is 9.04. The molecule has 0 radical (unpaired) electrons. The maximum atomic E-state index is 12.6. The summed E-state index contributed by atoms with van der Waals surface area (Å²) in [6.45, 7) is 3.86. The molecule has 0 N–H and O–H groups in total. The van der Waals surface area contributed by atoms with E-state index in [4.69, 9.17) is 0 Å². The van der Waals surface area contributed by atoms with Gasteiger partial charge < -0.3 is 4.90 Å². The fourth-order valence-electron chi connectivity index (χ4n) is 3.37. The average Bonchev–Trinajstić information content (AvgIpc) is 2.71. The van der Waals surface area contributed by atoms with E-state index in [2.05, 4.69) is 14.9 Å². The molecule has 1 aliphatic rings. The van der Waals surface area contributed by atoms with Crippen LogP contribution in [0.2, 0.25) is 0 Å². The Morgan fingerprint density at radius 1 is 1.00 bits per heavy atom. The highest BCUT2D eigenvalue weighted by atomic mass is 16.2. The molecule has 0 spiro atoms. The lowest BCUT2D eigenvalue weighted by Gasteiger charge is -2.34. The van der Waals surface area contributed by atoms with Crippen molar-refractivity contribution in [1.29, 1.82) is 0 Å². The van der Waals surface area contributed by atoms with E-state index in [1.807, 2.05) is 23.1 Å². The van der Waals surface area contributed by atoms with E-state index >= 15 is 0 Å². The summed E-state index contributed by atoms with van der Waals surface area (Å²) in [5.41, 5.74) is 1.69. The van der Waals surface area contributed by atoms with Gasteiger partial charge in [0.05, 0.1) is 17.2 Å². The van der Waals surface area contributed by atoms with Crippen LogP contribution in [-0.2, 0) is 17.9 Å². The number of hydrogen-bond donors (Lipinski definition) is 0. The van der Waals surface area contributed by atoms with Crippen LogP contribution in [0.3, 0.4) is 0 Å². The molecule has 0 aliphatic carbocycles. The van der Waals surface area contributed by atoms with Gasteiger partial charge in [-0.25, -0.2) is 4.98 Å². The van der Waals surface area contributed by atoms with Crippen LogP contribution in [0.1, 0.15) is 5.56 Å². The number of para-hydroxylation sites is 1. The second-order valence-corrected chi connectivity index (χ2v) is 6.71. The lowest BCUT2D eigenvalue weighted by molar-refractivity contribution is -0.133. The minimum atomic E-state index is -0.176. The van der Waals surface area contributed by atoms with Crippen molar-refractivity contribution in [2.75, 3.05) is 26.2 Å². The largest absolute Gasteiger partial charge is 0.339 e. The molecule has 0 saturated carbocycles. The van der Waals surface area contributed by atoms with Gasteiger partial charge >= 0.3 is 0 Å². The molecule has 1 amide bonds. The third-order valence-corrected chi connectivity index (χ3v) is 4.92. The van der Waals surface area contributed by atoms with Gasteiger partial charge in [-0.15, -0.1) is 0 Å². The van der Waals surface area contributed by atoms with Crippen LogP contribution < -0.4 is 5.56 Å². The number of amides is 1. The third-order valence-electron chi connectivity index (χ3n) is 4.92. The fourth-order valence-corrected chi connectivity index (χ4v) is 3.37. The quantitative estimate of drug-likeness (QED) is 0.695. The Morgan fingerprint density at radius 2 is 1.74 bits per heavy atom. The number of carbonyl (C=O) groups is 1. The highest BCUT2D eigenvalue weighted by molar-refractivity contribution is 5.79. The maximum Gasteiger partial charge on any atom is 0.261 e. The number of carbonyl (C=O) groups excluding carboxylic acids is 1. The Labute approximate surface area is 156 Å². The average molecular weight is 363 g/mol. The number of piperazine rings is 1. The van der Waals surface area contributed by atoms with Crippen LogP contribution in [0.5, 0.6) is 0 Å². The molecule has 0 bridgehead atoms. The molecule has 4 rings (SSSR count). The lowest BCUT2D eigenvalue weighted by Crippen LogP contribution is -2.49. The molecule has 1 fully saturated rings. The van der Waals surface area contributed by atoms with Gasteiger partial charge in [-0.05, 0) is 29.8 Å². The molecular weight excluding hydrogens is 342 g/mol. The van der Waals surface area contributed by atoms with E-state index in [0.29, 0.717) is 24.0 Å². The molecule has 2 aromatic heterocycles. The topological polar surface area (TPSA) is 71.3 Å². The van der Waals surface area contributed by atoms with Crippen LogP contribution in [0.15, 0.2) is 59.9 Å². The number of pyridine rings is 1. The number of hydrogen-bond acceptors (Lipinski definition) is 5. The van der Waals surface area contributed by atoms with Crippen molar-refractivity contribution >= 4 is 16.8 Å². The summed E-state index contributed by atoms with van der Waals surface area (Å²) in [6, 6.07) is 11.2. The molecule has 1 aliphatic heterocycles. The van der Waals surface area contributed by atoms with Crippen molar-refractivity contribution in [2.45, 2.75) is 13.1 Å². The van der Waals surface area contributed by atoms with Crippen molar-refractivity contribution in [3.05, 3.63) is 71.0 Å². The van der Waals surface area contributed by atoms with Gasteiger partial charge in [-0.1, -0.05) is 12.1 Å². The maximum absolute atomic E-state index is 12.6. The van der Waals surface area contributed by atoms with Crippen molar-refractivity contribution in [1.82, 2.24) is 24.3 Å². The predicted octanol–water partition coefficient (Wildman–Crippen LogP) is 1.14. The Balaban J connectivity index is 1.37. The van der Waals surface area contributed by atoms with Gasteiger partial charge in [0.1, 0.15) is 6.54 Å². The summed E-state index contributed by atoms with van der Waals surface area (Å²) in [7, 11) is 0. The molecular formula is C20H21N5O2. The molecule has 7 nitrogen and oxygen atoms in total. The molecule has 1 saturated heterocycles.